The predicted octanol–water partition coefficient (Wildman–Crippen LogP) is 4.43. The van der Waals surface area contributed by atoms with Crippen LogP contribution >= 0.6 is 0 Å². The van der Waals surface area contributed by atoms with Gasteiger partial charge in [0, 0.05) is 19.8 Å². The van der Waals surface area contributed by atoms with E-state index < -0.39 is 25.1 Å². The molecule has 0 unspecified atom stereocenters. The molecule has 0 aromatic rings. The van der Waals surface area contributed by atoms with Crippen molar-refractivity contribution in [3.63, 3.8) is 0 Å². The van der Waals surface area contributed by atoms with Crippen molar-refractivity contribution in [2.75, 3.05) is 26.3 Å². The van der Waals surface area contributed by atoms with Crippen molar-refractivity contribution < 1.29 is 18.1 Å². The fourth-order valence-electron chi connectivity index (χ4n) is 2.79. The summed E-state index contributed by atoms with van der Waals surface area (Å²) >= 11 is 0. The van der Waals surface area contributed by atoms with Crippen molar-refractivity contribution in [3.8, 4) is 0 Å². The molecule has 0 heterocycles. The van der Waals surface area contributed by atoms with Crippen LogP contribution in [0.25, 0.3) is 0 Å². The van der Waals surface area contributed by atoms with Gasteiger partial charge in [0.15, 0.2) is 0 Å². The highest BCUT2D eigenvalue weighted by Crippen LogP contribution is 2.19. The molecule has 0 amide bonds. The van der Waals surface area contributed by atoms with E-state index in [1.807, 2.05) is 33.5 Å². The molecule has 0 rings (SSSR count). The van der Waals surface area contributed by atoms with Crippen molar-refractivity contribution in [1.29, 1.82) is 0 Å². The molecule has 0 bridgehead atoms. The Hall–Kier alpha value is 0.000649. The number of hydrogen-bond donors (Lipinski definition) is 0. The van der Waals surface area contributed by atoms with Crippen LogP contribution in [0.5, 0.6) is 0 Å². The van der Waals surface area contributed by atoms with E-state index in [9.17, 15) is 4.79 Å². The average molecular weight is 408 g/mol. The van der Waals surface area contributed by atoms with Gasteiger partial charge in [-0.15, -0.1) is 0 Å². The topological polar surface area (TPSA) is 48.0 Å². The van der Waals surface area contributed by atoms with Crippen LogP contribution in [0.1, 0.15) is 26.7 Å². The molecular weight excluding hydrogens is 366 g/mol. The molecule has 5 nitrogen and oxygen atoms in total. The van der Waals surface area contributed by atoms with Gasteiger partial charge < -0.3 is 17.8 Å². The summed E-state index contributed by atoms with van der Waals surface area (Å²) in [5, 5.41) is 0. The second-order valence-corrected chi connectivity index (χ2v) is 21.3. The molecule has 0 saturated carbocycles. The summed E-state index contributed by atoms with van der Waals surface area (Å²) in [6.07, 6.45) is 1.54. The molecule has 0 radical (unpaired) electrons. The molecule has 150 valence electrons. The Morgan fingerprint density at radius 3 is 1.80 bits per heavy atom. The van der Waals surface area contributed by atoms with Gasteiger partial charge in [-0.1, -0.05) is 19.6 Å². The molecule has 0 N–H and O–H groups in total. The van der Waals surface area contributed by atoms with Crippen LogP contribution in [0.3, 0.4) is 0 Å². The first-order valence-electron chi connectivity index (χ1n) is 9.58. The number of rotatable bonds is 13. The van der Waals surface area contributed by atoms with Crippen LogP contribution in [0.4, 0.5) is 0 Å². The van der Waals surface area contributed by atoms with Gasteiger partial charge in [0.1, 0.15) is 8.24 Å². The Balaban J connectivity index is 4.58. The largest absolute Gasteiger partial charge is 0.520 e. The summed E-state index contributed by atoms with van der Waals surface area (Å²) in [7, 11) is -5.32. The Kier molecular flexibility index (Phi) is 11.0. The maximum atomic E-state index is 12.1. The van der Waals surface area contributed by atoms with Crippen LogP contribution in [0.15, 0.2) is 0 Å². The van der Waals surface area contributed by atoms with Crippen molar-refractivity contribution in [1.82, 2.24) is 4.57 Å². The zero-order valence-corrected chi connectivity index (χ0v) is 21.0. The molecule has 0 aromatic carbocycles. The SMILES string of the molecule is CCO[Si](C)(CCCN(CCC(=O)O[Si](C)(C)C)[Si](C)(C)C)OCC. The summed E-state index contributed by atoms with van der Waals surface area (Å²) in [4.78, 5) is 12.1. The molecule has 25 heavy (non-hydrogen) atoms. The molecule has 0 saturated heterocycles. The smallest absolute Gasteiger partial charge is 0.334 e. The van der Waals surface area contributed by atoms with E-state index in [0.717, 1.165) is 25.6 Å². The van der Waals surface area contributed by atoms with Crippen molar-refractivity contribution in [3.05, 3.63) is 0 Å². The van der Waals surface area contributed by atoms with Gasteiger partial charge in [-0.05, 0) is 59.0 Å². The van der Waals surface area contributed by atoms with Gasteiger partial charge in [0.25, 0.3) is 5.97 Å². The maximum absolute atomic E-state index is 12.1. The zero-order valence-electron chi connectivity index (χ0n) is 18.0. The van der Waals surface area contributed by atoms with E-state index in [0.29, 0.717) is 19.6 Å². The normalized spacial score (nSPS) is 13.4. The van der Waals surface area contributed by atoms with Gasteiger partial charge >= 0.3 is 8.56 Å². The van der Waals surface area contributed by atoms with Gasteiger partial charge in [-0.2, -0.15) is 0 Å². The fourth-order valence-corrected chi connectivity index (χ4v) is 7.58. The number of carbonyl (C=O) groups excluding carboxylic acids is 1. The molecule has 0 spiro atoms. The monoisotopic (exact) mass is 407 g/mol. The highest BCUT2D eigenvalue weighted by molar-refractivity contribution is 6.73. The van der Waals surface area contributed by atoms with Gasteiger partial charge in [-0.25, -0.2) is 0 Å². The predicted molar refractivity (Wildman–Crippen MR) is 113 cm³/mol. The Bertz CT molecular complexity index is 388. The molecular formula is C17H41NO4Si3. The average Bonchev–Trinajstić information content (AvgIpc) is 2.39. The van der Waals surface area contributed by atoms with Crippen LogP contribution in [-0.2, 0) is 18.1 Å². The molecule has 0 aromatic heterocycles. The lowest BCUT2D eigenvalue weighted by molar-refractivity contribution is -0.135. The van der Waals surface area contributed by atoms with E-state index >= 15 is 0 Å². The molecule has 0 aliphatic rings. The quantitative estimate of drug-likeness (QED) is 0.423. The van der Waals surface area contributed by atoms with Gasteiger partial charge in [-0.3, -0.25) is 4.79 Å². The zero-order chi connectivity index (χ0) is 19.7. The third kappa shape index (κ3) is 12.1. The summed E-state index contributed by atoms with van der Waals surface area (Å²) in [6.45, 7) is 22.6. The van der Waals surface area contributed by atoms with E-state index in [-0.39, 0.29) is 5.97 Å². The Morgan fingerprint density at radius 2 is 1.40 bits per heavy atom. The highest BCUT2D eigenvalue weighted by Gasteiger charge is 2.31. The number of hydrogen-bond acceptors (Lipinski definition) is 5. The van der Waals surface area contributed by atoms with Crippen molar-refractivity contribution >= 4 is 31.1 Å². The first kappa shape index (κ1) is 25.0. The van der Waals surface area contributed by atoms with Crippen LogP contribution in [0.2, 0.25) is 51.9 Å². The molecule has 0 aliphatic carbocycles. The summed E-state index contributed by atoms with van der Waals surface area (Å²) in [6, 6.07) is 0.995. The van der Waals surface area contributed by atoms with Crippen molar-refractivity contribution in [2.45, 2.75) is 78.6 Å². The van der Waals surface area contributed by atoms with E-state index in [1.165, 1.54) is 0 Å². The standard InChI is InChI=1S/C17H41NO4Si3/c1-10-20-25(9,21-11-2)16-12-14-18(23(3,4)5)15-13-17(19)22-24(6,7)8/h10-16H2,1-9H3. The first-order chi connectivity index (χ1) is 11.3. The van der Waals surface area contributed by atoms with Gasteiger partial charge in [0.05, 0.1) is 6.42 Å². The Morgan fingerprint density at radius 1 is 0.880 bits per heavy atom. The van der Waals surface area contributed by atoms with Crippen molar-refractivity contribution in [2.24, 2.45) is 0 Å². The van der Waals surface area contributed by atoms with Crippen LogP contribution in [-0.4, -0.2) is 62.0 Å². The lowest BCUT2D eigenvalue weighted by Crippen LogP contribution is -2.48. The second-order valence-electron chi connectivity index (χ2n) is 8.60. The molecule has 8 heteroatoms. The lowest BCUT2D eigenvalue weighted by atomic mass is 10.4. The maximum Gasteiger partial charge on any atom is 0.334 e. The van der Waals surface area contributed by atoms with E-state index in [1.54, 1.807) is 0 Å². The second kappa shape index (κ2) is 11.0. The lowest BCUT2D eigenvalue weighted by Gasteiger charge is -2.35. The number of carbonyl (C=O) groups is 1. The summed E-state index contributed by atoms with van der Waals surface area (Å²) in [5.74, 6) is -0.0507. The third-order valence-electron chi connectivity index (χ3n) is 3.91. The summed E-state index contributed by atoms with van der Waals surface area (Å²) in [5.41, 5.74) is 0. The summed E-state index contributed by atoms with van der Waals surface area (Å²) < 4.78 is 19.9. The van der Waals surface area contributed by atoms with E-state index in [4.69, 9.17) is 13.3 Å². The minimum Gasteiger partial charge on any atom is -0.520 e. The van der Waals surface area contributed by atoms with Gasteiger partial charge in [0.2, 0.25) is 8.32 Å². The molecule has 0 aliphatic heterocycles. The van der Waals surface area contributed by atoms with E-state index in [2.05, 4.69) is 30.8 Å². The number of nitrogens with zero attached hydrogens (tertiary/aromatic N) is 1. The minimum absolute atomic E-state index is 0.0507. The van der Waals surface area contributed by atoms with Crippen LogP contribution in [0, 0.1) is 0 Å². The molecule has 0 atom stereocenters. The molecule has 0 fully saturated rings. The first-order valence-corrected chi connectivity index (χ1v) is 19.0. The van der Waals surface area contributed by atoms with Crippen LogP contribution < -0.4 is 0 Å². The fraction of sp³-hybridized carbons (Fsp3) is 0.941. The third-order valence-corrected chi connectivity index (χ3v) is 10.2. The highest BCUT2D eigenvalue weighted by atomic mass is 28.4. The Labute approximate surface area is 158 Å². The minimum atomic E-state index is -2.05.